The van der Waals surface area contributed by atoms with Crippen LogP contribution in [0.5, 0.6) is 0 Å². The summed E-state index contributed by atoms with van der Waals surface area (Å²) >= 11 is 0. The molecule has 10 heavy (non-hydrogen) atoms. The summed E-state index contributed by atoms with van der Waals surface area (Å²) in [6.45, 7) is 1.92. The topological polar surface area (TPSA) is 57.5 Å². The molecule has 0 aromatic carbocycles. The lowest BCUT2D eigenvalue weighted by Gasteiger charge is -2.14. The first kappa shape index (κ1) is 7.54. The fraction of sp³-hybridized carbons (Fsp3) is 0.857. The van der Waals surface area contributed by atoms with Gasteiger partial charge in [-0.1, -0.05) is 6.92 Å². The summed E-state index contributed by atoms with van der Waals surface area (Å²) < 4.78 is 0. The molecular weight excluding hydrogens is 132 g/mol. The Kier molecular flexibility index (Phi) is 1.68. The normalized spacial score (nSPS) is 23.8. The van der Waals surface area contributed by atoms with Crippen LogP contribution in [0, 0.1) is 5.41 Å². The van der Waals surface area contributed by atoms with Gasteiger partial charge in [0.25, 0.3) is 0 Å². The van der Waals surface area contributed by atoms with E-state index in [-0.39, 0.29) is 11.8 Å². The lowest BCUT2D eigenvalue weighted by atomic mass is 9.99. The highest BCUT2D eigenvalue weighted by atomic mass is 16.4. The van der Waals surface area contributed by atoms with Gasteiger partial charge in [0.15, 0.2) is 0 Å². The van der Waals surface area contributed by atoms with E-state index in [0.717, 1.165) is 12.8 Å². The van der Waals surface area contributed by atoms with Crippen molar-refractivity contribution in [2.75, 3.05) is 0 Å². The lowest BCUT2D eigenvalue weighted by molar-refractivity contribution is -0.140. The van der Waals surface area contributed by atoms with Gasteiger partial charge in [-0.3, -0.25) is 4.79 Å². The third-order valence-electron chi connectivity index (χ3n) is 2.21. The molecule has 1 fully saturated rings. The average Bonchev–Trinajstić information content (AvgIpc) is 2.47. The maximum absolute atomic E-state index is 10.1. The van der Waals surface area contributed by atoms with Crippen LogP contribution in [0.2, 0.25) is 0 Å². The first-order valence-corrected chi connectivity index (χ1v) is 3.44. The molecule has 1 rings (SSSR count). The largest absolute Gasteiger partial charge is 0.481 e. The Labute approximate surface area is 59.7 Å². The first-order chi connectivity index (χ1) is 4.54. The number of aliphatic hydroxyl groups excluding tert-OH is 1. The Morgan fingerprint density at radius 3 is 2.50 bits per heavy atom. The second kappa shape index (κ2) is 2.23. The number of carboxylic acid groups (broad SMARTS) is 1. The van der Waals surface area contributed by atoms with E-state index in [9.17, 15) is 9.90 Å². The highest BCUT2D eigenvalue weighted by Gasteiger charge is 2.44. The molecule has 0 radical (unpaired) electrons. The predicted octanol–water partition coefficient (Wildman–Crippen LogP) is 0.622. The molecule has 0 spiro atoms. The van der Waals surface area contributed by atoms with Crippen molar-refractivity contribution >= 4 is 5.97 Å². The van der Waals surface area contributed by atoms with Crippen LogP contribution < -0.4 is 0 Å². The molecule has 1 atom stereocenters. The van der Waals surface area contributed by atoms with Crippen LogP contribution in [-0.4, -0.2) is 22.3 Å². The van der Waals surface area contributed by atoms with Crippen molar-refractivity contribution in [2.24, 2.45) is 5.41 Å². The van der Waals surface area contributed by atoms with Gasteiger partial charge < -0.3 is 10.2 Å². The summed E-state index contributed by atoms with van der Waals surface area (Å²) in [5.41, 5.74) is -0.0849. The quantitative estimate of drug-likeness (QED) is 0.610. The van der Waals surface area contributed by atoms with E-state index in [1.54, 1.807) is 0 Å². The van der Waals surface area contributed by atoms with Crippen LogP contribution in [0.4, 0.5) is 0 Å². The molecular formula is C7H12O3. The minimum atomic E-state index is -0.916. The fourth-order valence-corrected chi connectivity index (χ4v) is 0.942. The first-order valence-electron chi connectivity index (χ1n) is 3.44. The van der Waals surface area contributed by atoms with Crippen molar-refractivity contribution in [2.45, 2.75) is 32.3 Å². The molecule has 0 heterocycles. The summed E-state index contributed by atoms with van der Waals surface area (Å²) in [4.78, 5) is 10.1. The Bertz CT molecular complexity index is 149. The minimum absolute atomic E-state index is 0.0849. The van der Waals surface area contributed by atoms with E-state index in [4.69, 9.17) is 5.11 Å². The average molecular weight is 144 g/mol. The summed E-state index contributed by atoms with van der Waals surface area (Å²) in [5.74, 6) is -0.916. The van der Waals surface area contributed by atoms with E-state index in [2.05, 4.69) is 0 Å². The summed E-state index contributed by atoms with van der Waals surface area (Å²) in [6, 6.07) is 0. The van der Waals surface area contributed by atoms with Gasteiger partial charge in [-0.25, -0.2) is 0 Å². The van der Waals surface area contributed by atoms with Gasteiger partial charge in [-0.15, -0.1) is 0 Å². The fourth-order valence-electron chi connectivity index (χ4n) is 0.942. The van der Waals surface area contributed by atoms with Gasteiger partial charge in [0.1, 0.15) is 0 Å². The standard InChI is InChI=1S/C7H12O3/c1-7(2-3-7)5(8)4-6(9)10/h5,8H,2-4H2,1H3,(H,9,10)/t5-/m1/s1. The molecule has 2 N–H and O–H groups in total. The third kappa shape index (κ3) is 1.48. The second-order valence-corrected chi connectivity index (χ2v) is 3.27. The van der Waals surface area contributed by atoms with E-state index < -0.39 is 12.1 Å². The Morgan fingerprint density at radius 1 is 1.70 bits per heavy atom. The van der Waals surface area contributed by atoms with E-state index >= 15 is 0 Å². The number of aliphatic carboxylic acids is 1. The number of carbonyl (C=O) groups is 1. The monoisotopic (exact) mass is 144 g/mol. The summed E-state index contributed by atoms with van der Waals surface area (Å²) in [5, 5.41) is 17.6. The lowest BCUT2D eigenvalue weighted by Crippen LogP contribution is -2.22. The van der Waals surface area contributed by atoms with E-state index in [0.29, 0.717) is 0 Å². The molecule has 58 valence electrons. The smallest absolute Gasteiger partial charge is 0.305 e. The van der Waals surface area contributed by atoms with Crippen LogP contribution in [0.3, 0.4) is 0 Å². The van der Waals surface area contributed by atoms with Crippen molar-refractivity contribution in [3.63, 3.8) is 0 Å². The van der Waals surface area contributed by atoms with Crippen LogP contribution in [0.15, 0.2) is 0 Å². The van der Waals surface area contributed by atoms with Gasteiger partial charge in [-0.2, -0.15) is 0 Å². The van der Waals surface area contributed by atoms with E-state index in [1.165, 1.54) is 0 Å². The zero-order valence-electron chi connectivity index (χ0n) is 6.00. The molecule has 0 bridgehead atoms. The second-order valence-electron chi connectivity index (χ2n) is 3.27. The molecule has 3 nitrogen and oxygen atoms in total. The van der Waals surface area contributed by atoms with Gasteiger partial charge >= 0.3 is 5.97 Å². The zero-order valence-corrected chi connectivity index (χ0v) is 6.00. The van der Waals surface area contributed by atoms with Gasteiger partial charge in [0, 0.05) is 0 Å². The number of carboxylic acids is 1. The molecule has 1 aliphatic rings. The number of aliphatic hydroxyl groups is 1. The molecule has 1 saturated carbocycles. The van der Waals surface area contributed by atoms with Gasteiger partial charge in [0.05, 0.1) is 12.5 Å². The summed E-state index contributed by atoms with van der Waals surface area (Å²) in [7, 11) is 0. The number of rotatable bonds is 3. The molecule has 0 aliphatic heterocycles. The molecule has 3 heteroatoms. The molecule has 1 aliphatic carbocycles. The molecule has 0 aromatic heterocycles. The SMILES string of the molecule is CC1([C@H](O)CC(=O)O)CC1. The van der Waals surface area contributed by atoms with Crippen molar-refractivity contribution in [1.29, 1.82) is 0 Å². The third-order valence-corrected chi connectivity index (χ3v) is 2.21. The molecule has 0 unspecified atom stereocenters. The van der Waals surface area contributed by atoms with Crippen molar-refractivity contribution in [3.8, 4) is 0 Å². The van der Waals surface area contributed by atoms with Gasteiger partial charge in [0.2, 0.25) is 0 Å². The highest BCUT2D eigenvalue weighted by Crippen LogP contribution is 2.48. The van der Waals surface area contributed by atoms with E-state index in [1.807, 2.05) is 6.92 Å². The Hall–Kier alpha value is -0.570. The van der Waals surface area contributed by atoms with Crippen LogP contribution >= 0.6 is 0 Å². The number of hydrogen-bond donors (Lipinski definition) is 2. The molecule has 0 aromatic rings. The summed E-state index contributed by atoms with van der Waals surface area (Å²) in [6.07, 6.45) is 1.16. The maximum Gasteiger partial charge on any atom is 0.305 e. The maximum atomic E-state index is 10.1. The highest BCUT2D eigenvalue weighted by molar-refractivity contribution is 5.67. The Balaban J connectivity index is 2.34. The minimum Gasteiger partial charge on any atom is -0.481 e. The van der Waals surface area contributed by atoms with Gasteiger partial charge in [-0.05, 0) is 18.3 Å². The Morgan fingerprint density at radius 2 is 2.20 bits per heavy atom. The number of hydrogen-bond acceptors (Lipinski definition) is 2. The van der Waals surface area contributed by atoms with Crippen LogP contribution in [0.25, 0.3) is 0 Å². The predicted molar refractivity (Wildman–Crippen MR) is 35.6 cm³/mol. The molecule has 0 amide bonds. The van der Waals surface area contributed by atoms with Crippen molar-refractivity contribution in [1.82, 2.24) is 0 Å². The van der Waals surface area contributed by atoms with Crippen LogP contribution in [-0.2, 0) is 4.79 Å². The van der Waals surface area contributed by atoms with Crippen LogP contribution in [0.1, 0.15) is 26.2 Å². The van der Waals surface area contributed by atoms with Crippen molar-refractivity contribution < 1.29 is 15.0 Å². The molecule has 0 saturated heterocycles. The zero-order chi connectivity index (χ0) is 7.78. The van der Waals surface area contributed by atoms with Crippen molar-refractivity contribution in [3.05, 3.63) is 0 Å².